The molecule has 27 heavy (non-hydrogen) atoms. The number of carbonyl (C=O) groups excluding carboxylic acids is 1. The van der Waals surface area contributed by atoms with Crippen LogP contribution in [-0.4, -0.2) is 49.5 Å². The van der Waals surface area contributed by atoms with Crippen molar-refractivity contribution in [2.24, 2.45) is 10.9 Å². The number of likely N-dealkylation sites (tertiary alicyclic amines) is 1. The Morgan fingerprint density at radius 1 is 1.33 bits per heavy atom. The number of guanidine groups is 1. The number of thiophene rings is 1. The molecule has 0 saturated carbocycles. The van der Waals surface area contributed by atoms with Gasteiger partial charge in [-0.2, -0.15) is 0 Å². The summed E-state index contributed by atoms with van der Waals surface area (Å²) < 4.78 is 0. The minimum absolute atomic E-state index is 0. The molecule has 1 aromatic heterocycles. The Bertz CT molecular complexity index is 550. The lowest BCUT2D eigenvalue weighted by Crippen LogP contribution is -2.39. The van der Waals surface area contributed by atoms with Crippen LogP contribution < -0.4 is 10.6 Å². The lowest BCUT2D eigenvalue weighted by atomic mass is 10.1. The van der Waals surface area contributed by atoms with E-state index in [4.69, 9.17) is 4.99 Å². The van der Waals surface area contributed by atoms with Gasteiger partial charge in [0.05, 0.1) is 0 Å². The maximum Gasteiger partial charge on any atom is 0.222 e. The zero-order valence-electron chi connectivity index (χ0n) is 16.7. The molecule has 1 aliphatic rings. The summed E-state index contributed by atoms with van der Waals surface area (Å²) in [7, 11) is 0. The highest BCUT2D eigenvalue weighted by Gasteiger charge is 2.15. The number of hydrogen-bond donors (Lipinski definition) is 2. The molecule has 2 rings (SSSR count). The van der Waals surface area contributed by atoms with Crippen molar-refractivity contribution < 1.29 is 4.79 Å². The number of rotatable bonds is 9. The number of halogens is 1. The number of nitrogens with zero attached hydrogens (tertiary/aromatic N) is 2. The highest BCUT2D eigenvalue weighted by Crippen LogP contribution is 2.14. The molecule has 1 aliphatic heterocycles. The van der Waals surface area contributed by atoms with E-state index in [0.717, 1.165) is 70.8 Å². The van der Waals surface area contributed by atoms with Gasteiger partial charge in [-0.15, -0.1) is 35.3 Å². The fourth-order valence-corrected chi connectivity index (χ4v) is 4.05. The van der Waals surface area contributed by atoms with E-state index in [-0.39, 0.29) is 24.0 Å². The first-order valence-corrected chi connectivity index (χ1v) is 10.9. The molecule has 1 unspecified atom stereocenters. The van der Waals surface area contributed by atoms with Crippen LogP contribution in [0.15, 0.2) is 22.5 Å². The van der Waals surface area contributed by atoms with Crippen molar-refractivity contribution in [2.45, 2.75) is 52.4 Å². The van der Waals surface area contributed by atoms with Crippen LogP contribution in [0, 0.1) is 5.92 Å². The number of carbonyl (C=O) groups is 1. The molecule has 2 heterocycles. The van der Waals surface area contributed by atoms with Crippen LogP contribution >= 0.6 is 35.3 Å². The monoisotopic (exact) mass is 506 g/mol. The van der Waals surface area contributed by atoms with Gasteiger partial charge in [-0.25, -0.2) is 0 Å². The van der Waals surface area contributed by atoms with Crippen LogP contribution in [0.5, 0.6) is 0 Å². The first kappa shape index (κ1) is 24.2. The van der Waals surface area contributed by atoms with Crippen molar-refractivity contribution in [2.75, 3.05) is 32.7 Å². The summed E-state index contributed by atoms with van der Waals surface area (Å²) in [5.74, 6) is 1.73. The van der Waals surface area contributed by atoms with Crippen molar-refractivity contribution in [3.8, 4) is 0 Å². The standard InChI is InChI=1S/C20H34N4OS.HI/c1-3-21-20(23-16-17(2)15-18-9-7-14-26-18)22-11-8-13-24-12-6-4-5-10-19(24)25;/h7,9,14,17H,3-6,8,10-13,15-16H2,1-2H3,(H2,21,22,23);1H. The Labute approximate surface area is 185 Å². The van der Waals surface area contributed by atoms with E-state index in [1.807, 2.05) is 16.2 Å². The molecule has 2 N–H and O–H groups in total. The number of nitrogens with one attached hydrogen (secondary N) is 2. The van der Waals surface area contributed by atoms with Gasteiger partial charge in [0.2, 0.25) is 5.91 Å². The fraction of sp³-hybridized carbons (Fsp3) is 0.700. The summed E-state index contributed by atoms with van der Waals surface area (Å²) in [6.07, 6.45) is 6.14. The molecule has 0 aliphatic carbocycles. The van der Waals surface area contributed by atoms with E-state index in [9.17, 15) is 4.79 Å². The molecule has 1 aromatic rings. The zero-order chi connectivity index (χ0) is 18.6. The predicted octanol–water partition coefficient (Wildman–Crippen LogP) is 3.89. The number of aliphatic imine (C=N–C) groups is 1. The number of amides is 1. The average molecular weight is 506 g/mol. The van der Waals surface area contributed by atoms with Crippen molar-refractivity contribution >= 4 is 47.2 Å². The second kappa shape index (κ2) is 14.2. The molecule has 1 fully saturated rings. The summed E-state index contributed by atoms with van der Waals surface area (Å²) in [5.41, 5.74) is 0. The average Bonchev–Trinajstić information content (AvgIpc) is 3.05. The minimum Gasteiger partial charge on any atom is -0.357 e. The molecule has 1 saturated heterocycles. The largest absolute Gasteiger partial charge is 0.357 e. The fourth-order valence-electron chi connectivity index (χ4n) is 3.18. The Morgan fingerprint density at radius 3 is 2.93 bits per heavy atom. The van der Waals surface area contributed by atoms with E-state index < -0.39 is 0 Å². The molecule has 0 bridgehead atoms. The lowest BCUT2D eigenvalue weighted by molar-refractivity contribution is -0.130. The molecule has 1 amide bonds. The van der Waals surface area contributed by atoms with Gasteiger partial charge < -0.3 is 15.5 Å². The van der Waals surface area contributed by atoms with Crippen molar-refractivity contribution in [3.63, 3.8) is 0 Å². The van der Waals surface area contributed by atoms with E-state index in [1.54, 1.807) is 0 Å². The van der Waals surface area contributed by atoms with Gasteiger partial charge in [0.1, 0.15) is 0 Å². The third-order valence-corrected chi connectivity index (χ3v) is 5.50. The lowest BCUT2D eigenvalue weighted by Gasteiger charge is -2.21. The third-order valence-electron chi connectivity index (χ3n) is 4.60. The van der Waals surface area contributed by atoms with Gasteiger partial charge in [-0.1, -0.05) is 19.4 Å². The predicted molar refractivity (Wildman–Crippen MR) is 126 cm³/mol. The van der Waals surface area contributed by atoms with E-state index >= 15 is 0 Å². The topological polar surface area (TPSA) is 56.7 Å². The quantitative estimate of drug-likeness (QED) is 0.231. The highest BCUT2D eigenvalue weighted by atomic mass is 127. The second-order valence-electron chi connectivity index (χ2n) is 7.08. The van der Waals surface area contributed by atoms with Gasteiger partial charge >= 0.3 is 0 Å². The summed E-state index contributed by atoms with van der Waals surface area (Å²) >= 11 is 1.82. The highest BCUT2D eigenvalue weighted by molar-refractivity contribution is 14.0. The van der Waals surface area contributed by atoms with Gasteiger partial charge in [-0.3, -0.25) is 9.79 Å². The first-order valence-electron chi connectivity index (χ1n) is 10.0. The Hall–Kier alpha value is -0.830. The molecular weight excluding hydrogens is 471 g/mol. The Morgan fingerprint density at radius 2 is 2.19 bits per heavy atom. The molecular formula is C20H35IN4OS. The molecule has 0 radical (unpaired) electrons. The van der Waals surface area contributed by atoms with Gasteiger partial charge in [0.15, 0.2) is 5.96 Å². The first-order chi connectivity index (χ1) is 12.7. The summed E-state index contributed by atoms with van der Waals surface area (Å²) in [6, 6.07) is 4.30. The molecule has 0 spiro atoms. The molecule has 0 aromatic carbocycles. The maximum absolute atomic E-state index is 12.0. The van der Waals surface area contributed by atoms with Gasteiger partial charge in [0.25, 0.3) is 0 Å². The van der Waals surface area contributed by atoms with Crippen LogP contribution in [0.25, 0.3) is 0 Å². The van der Waals surface area contributed by atoms with Crippen molar-refractivity contribution in [1.29, 1.82) is 0 Å². The summed E-state index contributed by atoms with van der Waals surface area (Å²) in [5, 5.41) is 8.85. The van der Waals surface area contributed by atoms with Crippen LogP contribution in [0.1, 0.15) is 50.8 Å². The van der Waals surface area contributed by atoms with E-state index in [2.05, 4.69) is 42.0 Å². The van der Waals surface area contributed by atoms with Crippen LogP contribution in [0.4, 0.5) is 0 Å². The molecule has 1 atom stereocenters. The smallest absolute Gasteiger partial charge is 0.222 e. The maximum atomic E-state index is 12.0. The molecule has 154 valence electrons. The summed E-state index contributed by atoms with van der Waals surface area (Å²) in [4.78, 5) is 20.2. The zero-order valence-corrected chi connectivity index (χ0v) is 19.9. The van der Waals surface area contributed by atoms with Crippen molar-refractivity contribution in [3.05, 3.63) is 22.4 Å². The minimum atomic E-state index is 0. The van der Waals surface area contributed by atoms with E-state index in [1.165, 1.54) is 11.3 Å². The second-order valence-corrected chi connectivity index (χ2v) is 8.11. The third kappa shape index (κ3) is 9.78. The number of hydrogen-bond acceptors (Lipinski definition) is 3. The van der Waals surface area contributed by atoms with Crippen LogP contribution in [0.2, 0.25) is 0 Å². The summed E-state index contributed by atoms with van der Waals surface area (Å²) in [6.45, 7) is 8.62. The van der Waals surface area contributed by atoms with Gasteiger partial charge in [-0.05, 0) is 50.0 Å². The van der Waals surface area contributed by atoms with Crippen LogP contribution in [-0.2, 0) is 11.2 Å². The SMILES string of the molecule is CCNC(=NCC(C)Cc1cccs1)NCCCN1CCCCCC1=O.I. The Balaban J connectivity index is 0.00000364. The normalized spacial score (nSPS) is 16.4. The van der Waals surface area contributed by atoms with Gasteiger partial charge in [0, 0.05) is 44.0 Å². The Kier molecular flexibility index (Phi) is 12.7. The van der Waals surface area contributed by atoms with Crippen LogP contribution in [0.3, 0.4) is 0 Å². The molecule has 5 nitrogen and oxygen atoms in total. The van der Waals surface area contributed by atoms with E-state index in [0.29, 0.717) is 11.8 Å². The molecule has 7 heteroatoms. The van der Waals surface area contributed by atoms with Crippen molar-refractivity contribution in [1.82, 2.24) is 15.5 Å².